The van der Waals surface area contributed by atoms with Gasteiger partial charge in [0, 0.05) is 9.37 Å². The topological polar surface area (TPSA) is 38.3 Å². The van der Waals surface area contributed by atoms with E-state index >= 15 is 0 Å². The van der Waals surface area contributed by atoms with E-state index < -0.39 is 0 Å². The van der Waals surface area contributed by atoms with Gasteiger partial charge in [0.2, 0.25) is 5.91 Å². The molecule has 116 valence electrons. The summed E-state index contributed by atoms with van der Waals surface area (Å²) in [5, 5.41) is 2.90. The van der Waals surface area contributed by atoms with Crippen LogP contribution in [0.4, 0.5) is 5.69 Å². The molecule has 0 aliphatic carbocycles. The van der Waals surface area contributed by atoms with Crippen LogP contribution in [0.3, 0.4) is 0 Å². The van der Waals surface area contributed by atoms with Crippen LogP contribution >= 0.6 is 59.6 Å². The maximum Gasteiger partial charge on any atom is 0.234 e. The summed E-state index contributed by atoms with van der Waals surface area (Å²) in [6.45, 7) is 0. The van der Waals surface area contributed by atoms with Crippen LogP contribution in [0.1, 0.15) is 0 Å². The standard InChI is InChI=1S/C15H12Br3NO2S/c1-21-11-7-10(16)15(14(18)13(11)17)19-12(20)8-22-9-5-3-2-4-6-9/h2-7H,8H2,1H3,(H,19,20). The number of nitrogens with one attached hydrogen (secondary N) is 1. The van der Waals surface area contributed by atoms with Gasteiger partial charge in [-0.2, -0.15) is 0 Å². The molecule has 0 heterocycles. The van der Waals surface area contributed by atoms with Crippen molar-refractivity contribution in [2.24, 2.45) is 0 Å². The van der Waals surface area contributed by atoms with Crippen LogP contribution in [-0.4, -0.2) is 18.8 Å². The number of anilines is 1. The predicted octanol–water partition coefficient (Wildman–Crippen LogP) is 5.71. The molecule has 2 aromatic carbocycles. The average Bonchev–Trinajstić information content (AvgIpc) is 2.54. The summed E-state index contributed by atoms with van der Waals surface area (Å²) < 4.78 is 7.48. The Bertz CT molecular complexity index is 680. The summed E-state index contributed by atoms with van der Waals surface area (Å²) in [5.41, 5.74) is 0.673. The molecule has 7 heteroatoms. The van der Waals surface area contributed by atoms with E-state index in [9.17, 15) is 4.79 Å². The van der Waals surface area contributed by atoms with Gasteiger partial charge in [-0.25, -0.2) is 0 Å². The van der Waals surface area contributed by atoms with E-state index in [1.165, 1.54) is 11.8 Å². The van der Waals surface area contributed by atoms with E-state index in [2.05, 4.69) is 53.1 Å². The molecule has 2 rings (SSSR count). The van der Waals surface area contributed by atoms with Crippen molar-refractivity contribution in [3.63, 3.8) is 0 Å². The molecule has 3 nitrogen and oxygen atoms in total. The minimum Gasteiger partial charge on any atom is -0.495 e. The van der Waals surface area contributed by atoms with Crippen molar-refractivity contribution in [1.82, 2.24) is 0 Å². The molecule has 0 radical (unpaired) electrons. The summed E-state index contributed by atoms with van der Waals surface area (Å²) in [6.07, 6.45) is 0. The normalized spacial score (nSPS) is 10.4. The molecule has 0 saturated heterocycles. The Hall–Kier alpha value is -0.500. The first-order valence-corrected chi connectivity index (χ1v) is 9.58. The quantitative estimate of drug-likeness (QED) is 0.414. The molecule has 0 fully saturated rings. The Morgan fingerprint density at radius 3 is 2.50 bits per heavy atom. The number of carbonyl (C=O) groups excluding carboxylic acids is 1. The Balaban J connectivity index is 2.07. The largest absolute Gasteiger partial charge is 0.495 e. The summed E-state index contributed by atoms with van der Waals surface area (Å²) in [7, 11) is 1.59. The highest BCUT2D eigenvalue weighted by atomic mass is 79.9. The number of hydrogen-bond donors (Lipinski definition) is 1. The minimum atomic E-state index is -0.0766. The minimum absolute atomic E-state index is 0.0766. The monoisotopic (exact) mass is 507 g/mol. The van der Waals surface area contributed by atoms with Gasteiger partial charge >= 0.3 is 0 Å². The van der Waals surface area contributed by atoms with Gasteiger partial charge in [0.25, 0.3) is 0 Å². The highest BCUT2D eigenvalue weighted by Crippen LogP contribution is 2.42. The van der Waals surface area contributed by atoms with Gasteiger partial charge in [-0.05, 0) is 66.0 Å². The Morgan fingerprint density at radius 2 is 1.86 bits per heavy atom. The van der Waals surface area contributed by atoms with Crippen LogP contribution in [0.25, 0.3) is 0 Å². The lowest BCUT2D eigenvalue weighted by molar-refractivity contribution is -0.113. The maximum atomic E-state index is 12.1. The van der Waals surface area contributed by atoms with Crippen molar-refractivity contribution in [3.8, 4) is 5.75 Å². The molecule has 0 saturated carbocycles. The van der Waals surface area contributed by atoms with Gasteiger partial charge < -0.3 is 10.1 Å². The molecule has 0 aliphatic rings. The predicted molar refractivity (Wildman–Crippen MR) is 102 cm³/mol. The molecular weight excluding hydrogens is 498 g/mol. The second kappa shape index (κ2) is 8.38. The van der Waals surface area contributed by atoms with Crippen LogP contribution in [0.2, 0.25) is 0 Å². The van der Waals surface area contributed by atoms with E-state index in [-0.39, 0.29) is 5.91 Å². The number of benzene rings is 2. The third-order valence-electron chi connectivity index (χ3n) is 2.72. The molecular formula is C15H12Br3NO2S. The van der Waals surface area contributed by atoms with Gasteiger partial charge in [-0.1, -0.05) is 18.2 Å². The van der Waals surface area contributed by atoms with Crippen LogP contribution < -0.4 is 10.1 Å². The molecule has 1 N–H and O–H groups in total. The van der Waals surface area contributed by atoms with Crippen LogP contribution in [0, 0.1) is 0 Å². The van der Waals surface area contributed by atoms with E-state index in [0.717, 1.165) is 18.3 Å². The number of methoxy groups -OCH3 is 1. The second-order valence-electron chi connectivity index (χ2n) is 4.21. The molecule has 22 heavy (non-hydrogen) atoms. The van der Waals surface area contributed by atoms with Gasteiger partial charge in [0.1, 0.15) is 5.75 Å². The van der Waals surface area contributed by atoms with Crippen molar-refractivity contribution >= 4 is 71.1 Å². The zero-order valence-electron chi connectivity index (χ0n) is 11.5. The van der Waals surface area contributed by atoms with E-state index in [1.54, 1.807) is 13.2 Å². The lowest BCUT2D eigenvalue weighted by Gasteiger charge is -2.13. The summed E-state index contributed by atoms with van der Waals surface area (Å²) in [4.78, 5) is 13.2. The molecule has 0 unspecified atom stereocenters. The first-order chi connectivity index (χ1) is 10.5. The molecule has 0 spiro atoms. The van der Waals surface area contributed by atoms with Crippen molar-refractivity contribution < 1.29 is 9.53 Å². The molecule has 0 aromatic heterocycles. The third-order valence-corrected chi connectivity index (χ3v) is 6.47. The maximum absolute atomic E-state index is 12.1. The Kier molecular flexibility index (Phi) is 6.80. The average molecular weight is 510 g/mol. The molecule has 0 atom stereocenters. The number of hydrogen-bond acceptors (Lipinski definition) is 3. The van der Waals surface area contributed by atoms with Crippen LogP contribution in [0.15, 0.2) is 54.7 Å². The molecule has 2 aromatic rings. The lowest BCUT2D eigenvalue weighted by Crippen LogP contribution is -2.15. The summed E-state index contributed by atoms with van der Waals surface area (Å²) >= 11 is 11.8. The number of ether oxygens (including phenoxy) is 1. The summed E-state index contributed by atoms with van der Waals surface area (Å²) in [5.74, 6) is 0.940. The fraction of sp³-hybridized carbons (Fsp3) is 0.133. The van der Waals surface area contributed by atoms with Crippen LogP contribution in [-0.2, 0) is 4.79 Å². The number of carbonyl (C=O) groups is 1. The Labute approximate surface area is 158 Å². The van der Waals surface area contributed by atoms with Gasteiger partial charge in [0.15, 0.2) is 0 Å². The summed E-state index contributed by atoms with van der Waals surface area (Å²) in [6, 6.07) is 11.6. The second-order valence-corrected chi connectivity index (χ2v) is 7.70. The number of amides is 1. The van der Waals surface area contributed by atoms with E-state index in [0.29, 0.717) is 17.2 Å². The van der Waals surface area contributed by atoms with E-state index in [1.807, 2.05) is 30.3 Å². The van der Waals surface area contributed by atoms with Crippen molar-refractivity contribution in [3.05, 3.63) is 49.8 Å². The zero-order valence-corrected chi connectivity index (χ0v) is 17.1. The van der Waals surface area contributed by atoms with Crippen molar-refractivity contribution in [2.45, 2.75) is 4.90 Å². The highest BCUT2D eigenvalue weighted by molar-refractivity contribution is 9.13. The van der Waals surface area contributed by atoms with E-state index in [4.69, 9.17) is 4.74 Å². The first-order valence-electron chi connectivity index (χ1n) is 6.22. The van der Waals surface area contributed by atoms with Gasteiger partial charge in [0.05, 0.1) is 27.5 Å². The Morgan fingerprint density at radius 1 is 1.18 bits per heavy atom. The van der Waals surface area contributed by atoms with Gasteiger partial charge in [-0.3, -0.25) is 4.79 Å². The van der Waals surface area contributed by atoms with Gasteiger partial charge in [-0.15, -0.1) is 11.8 Å². The SMILES string of the molecule is COc1cc(Br)c(NC(=O)CSc2ccccc2)c(Br)c1Br. The lowest BCUT2D eigenvalue weighted by atomic mass is 10.3. The highest BCUT2D eigenvalue weighted by Gasteiger charge is 2.16. The van der Waals surface area contributed by atoms with Crippen LogP contribution in [0.5, 0.6) is 5.75 Å². The number of rotatable bonds is 5. The zero-order chi connectivity index (χ0) is 16.1. The first kappa shape index (κ1) is 17.8. The molecule has 0 aliphatic heterocycles. The molecule has 0 bridgehead atoms. The van der Waals surface area contributed by atoms with Crippen molar-refractivity contribution in [2.75, 3.05) is 18.2 Å². The third kappa shape index (κ3) is 4.50. The molecule has 1 amide bonds. The fourth-order valence-electron chi connectivity index (χ4n) is 1.68. The number of thioether (sulfide) groups is 1. The fourth-order valence-corrected chi connectivity index (χ4v) is 4.15. The van der Waals surface area contributed by atoms with Crippen molar-refractivity contribution in [1.29, 1.82) is 0 Å². The number of halogens is 3. The smallest absolute Gasteiger partial charge is 0.234 e.